The first kappa shape index (κ1) is 15.5. The molecule has 0 atom stereocenters. The van der Waals surface area contributed by atoms with Crippen molar-refractivity contribution in [3.8, 4) is 0 Å². The first-order valence-electron chi connectivity index (χ1n) is 5.87. The molecule has 0 aromatic heterocycles. The quantitative estimate of drug-likeness (QED) is 0.911. The van der Waals surface area contributed by atoms with E-state index in [-0.39, 0.29) is 6.54 Å². The van der Waals surface area contributed by atoms with Crippen molar-refractivity contribution in [2.45, 2.75) is 26.4 Å². The molecule has 0 aliphatic carbocycles. The van der Waals surface area contributed by atoms with E-state index in [2.05, 4.69) is 5.32 Å². The van der Waals surface area contributed by atoms with E-state index >= 15 is 0 Å². The van der Waals surface area contributed by atoms with Gasteiger partial charge in [-0.05, 0) is 32.9 Å². The van der Waals surface area contributed by atoms with E-state index in [0.717, 1.165) is 0 Å². The van der Waals surface area contributed by atoms with Gasteiger partial charge in [0.05, 0.1) is 5.02 Å². The summed E-state index contributed by atoms with van der Waals surface area (Å²) in [7, 11) is 0. The van der Waals surface area contributed by atoms with Crippen molar-refractivity contribution in [1.29, 1.82) is 0 Å². The van der Waals surface area contributed by atoms with E-state index in [1.165, 1.54) is 18.2 Å². The number of nitrogens with one attached hydrogen (secondary N) is 1. The molecule has 0 unspecified atom stereocenters. The lowest BCUT2D eigenvalue weighted by atomic mass is 10.2. The van der Waals surface area contributed by atoms with Crippen LogP contribution in [0.25, 0.3) is 6.08 Å². The molecule has 19 heavy (non-hydrogen) atoms. The van der Waals surface area contributed by atoms with Crippen molar-refractivity contribution in [3.05, 3.63) is 40.7 Å². The fourth-order valence-corrected chi connectivity index (χ4v) is 1.53. The number of ether oxygens (including phenoxy) is 1. The number of halogens is 2. The summed E-state index contributed by atoms with van der Waals surface area (Å²) in [5.41, 5.74) is -0.238. The largest absolute Gasteiger partial charge is 0.444 e. The van der Waals surface area contributed by atoms with E-state index in [0.29, 0.717) is 10.6 Å². The molecule has 0 saturated heterocycles. The fourth-order valence-electron chi connectivity index (χ4n) is 1.30. The monoisotopic (exact) mass is 285 g/mol. The molecular formula is C14H17ClFNO2. The van der Waals surface area contributed by atoms with Crippen LogP contribution in [0.2, 0.25) is 5.02 Å². The molecule has 1 aromatic rings. The summed E-state index contributed by atoms with van der Waals surface area (Å²) >= 11 is 5.85. The SMILES string of the molecule is CC(C)(C)OC(=O)NCC=Cc1c(F)cccc1Cl. The van der Waals surface area contributed by atoms with Gasteiger partial charge >= 0.3 is 6.09 Å². The molecule has 0 saturated carbocycles. The Morgan fingerprint density at radius 3 is 2.74 bits per heavy atom. The van der Waals surface area contributed by atoms with Crippen LogP contribution in [0.15, 0.2) is 24.3 Å². The molecule has 5 heteroatoms. The van der Waals surface area contributed by atoms with Crippen molar-refractivity contribution >= 4 is 23.8 Å². The average molecular weight is 286 g/mol. The molecule has 0 aliphatic rings. The van der Waals surface area contributed by atoms with E-state index < -0.39 is 17.5 Å². The summed E-state index contributed by atoms with van der Waals surface area (Å²) in [6, 6.07) is 4.46. The summed E-state index contributed by atoms with van der Waals surface area (Å²) in [5, 5.41) is 2.86. The van der Waals surface area contributed by atoms with Gasteiger partial charge in [-0.2, -0.15) is 0 Å². The molecule has 0 heterocycles. The van der Waals surface area contributed by atoms with E-state index in [1.807, 2.05) is 0 Å². The third-order valence-electron chi connectivity index (χ3n) is 2.05. The van der Waals surface area contributed by atoms with Crippen LogP contribution in [0, 0.1) is 5.82 Å². The molecule has 0 spiro atoms. The molecule has 0 fully saturated rings. The Hall–Kier alpha value is -1.55. The van der Waals surface area contributed by atoms with Crippen LogP contribution in [0.3, 0.4) is 0 Å². The standard InChI is InChI=1S/C14H17ClFNO2/c1-14(2,3)19-13(18)17-9-5-6-10-11(15)7-4-8-12(10)16/h4-8H,9H2,1-3H3,(H,17,18). The van der Waals surface area contributed by atoms with Gasteiger partial charge in [0.1, 0.15) is 11.4 Å². The van der Waals surface area contributed by atoms with Crippen LogP contribution in [0.4, 0.5) is 9.18 Å². The smallest absolute Gasteiger partial charge is 0.407 e. The third-order valence-corrected chi connectivity index (χ3v) is 2.38. The van der Waals surface area contributed by atoms with E-state index in [4.69, 9.17) is 16.3 Å². The number of hydrogen-bond acceptors (Lipinski definition) is 2. The Balaban J connectivity index is 2.49. The first-order valence-corrected chi connectivity index (χ1v) is 6.25. The zero-order valence-corrected chi connectivity index (χ0v) is 11.9. The molecule has 0 aliphatic heterocycles. The first-order chi connectivity index (χ1) is 8.79. The Labute approximate surface area is 117 Å². The Kier molecular flexibility index (Phi) is 5.36. The van der Waals surface area contributed by atoms with Crippen LogP contribution in [-0.2, 0) is 4.74 Å². The predicted molar refractivity (Wildman–Crippen MR) is 74.7 cm³/mol. The summed E-state index contributed by atoms with van der Waals surface area (Å²) in [4.78, 5) is 11.3. The van der Waals surface area contributed by atoms with Crippen molar-refractivity contribution in [3.63, 3.8) is 0 Å². The number of amides is 1. The highest BCUT2D eigenvalue weighted by Gasteiger charge is 2.15. The van der Waals surface area contributed by atoms with Crippen molar-refractivity contribution in [2.24, 2.45) is 0 Å². The van der Waals surface area contributed by atoms with Crippen molar-refractivity contribution < 1.29 is 13.9 Å². The maximum Gasteiger partial charge on any atom is 0.407 e. The molecule has 104 valence electrons. The molecule has 1 N–H and O–H groups in total. The topological polar surface area (TPSA) is 38.3 Å². The number of carbonyl (C=O) groups excluding carboxylic acids is 1. The second-order valence-electron chi connectivity index (χ2n) is 4.92. The van der Waals surface area contributed by atoms with Gasteiger partial charge in [0.15, 0.2) is 0 Å². The van der Waals surface area contributed by atoms with E-state index in [1.54, 1.807) is 32.9 Å². The van der Waals surface area contributed by atoms with Gasteiger partial charge in [-0.15, -0.1) is 0 Å². The minimum Gasteiger partial charge on any atom is -0.444 e. The van der Waals surface area contributed by atoms with Gasteiger partial charge < -0.3 is 10.1 Å². The van der Waals surface area contributed by atoms with Crippen LogP contribution in [-0.4, -0.2) is 18.2 Å². The predicted octanol–water partition coefficient (Wildman–Crippen LogP) is 4.02. The van der Waals surface area contributed by atoms with E-state index in [9.17, 15) is 9.18 Å². The number of alkyl carbamates (subject to hydrolysis) is 1. The van der Waals surface area contributed by atoms with Gasteiger partial charge in [0.25, 0.3) is 0 Å². The Bertz CT molecular complexity index is 461. The lowest BCUT2D eigenvalue weighted by molar-refractivity contribution is 0.0534. The zero-order chi connectivity index (χ0) is 14.5. The lowest BCUT2D eigenvalue weighted by Gasteiger charge is -2.19. The number of benzene rings is 1. The minimum atomic E-state index is -0.539. The maximum atomic E-state index is 13.4. The number of carbonyl (C=O) groups is 1. The summed E-state index contributed by atoms with van der Waals surface area (Å²) < 4.78 is 18.5. The van der Waals surface area contributed by atoms with Gasteiger partial charge in [-0.25, -0.2) is 9.18 Å². The normalized spacial score (nSPS) is 11.6. The van der Waals surface area contributed by atoms with Crippen molar-refractivity contribution in [2.75, 3.05) is 6.54 Å². The second kappa shape index (κ2) is 6.57. The minimum absolute atomic E-state index is 0.236. The highest BCUT2D eigenvalue weighted by atomic mass is 35.5. The summed E-state index contributed by atoms with van der Waals surface area (Å²) in [6.07, 6.45) is 2.61. The van der Waals surface area contributed by atoms with Crippen LogP contribution in [0.5, 0.6) is 0 Å². The molecular weight excluding hydrogens is 269 g/mol. The maximum absolute atomic E-state index is 13.4. The second-order valence-corrected chi connectivity index (χ2v) is 5.33. The van der Waals surface area contributed by atoms with Crippen LogP contribution >= 0.6 is 11.6 Å². The average Bonchev–Trinajstić information content (AvgIpc) is 2.25. The van der Waals surface area contributed by atoms with Gasteiger partial charge in [-0.1, -0.05) is 29.8 Å². The van der Waals surface area contributed by atoms with Crippen molar-refractivity contribution in [1.82, 2.24) is 5.32 Å². The molecule has 0 bridgehead atoms. The van der Waals surface area contributed by atoms with Crippen LogP contribution in [0.1, 0.15) is 26.3 Å². The molecule has 1 amide bonds. The molecule has 1 aromatic carbocycles. The number of hydrogen-bond donors (Lipinski definition) is 1. The van der Waals surface area contributed by atoms with Gasteiger partial charge in [0.2, 0.25) is 0 Å². The lowest BCUT2D eigenvalue weighted by Crippen LogP contribution is -2.32. The number of rotatable bonds is 3. The third kappa shape index (κ3) is 5.75. The summed E-state index contributed by atoms with van der Waals surface area (Å²) in [5.74, 6) is -0.402. The Morgan fingerprint density at radius 2 is 2.16 bits per heavy atom. The molecule has 1 rings (SSSR count). The molecule has 3 nitrogen and oxygen atoms in total. The highest BCUT2D eigenvalue weighted by molar-refractivity contribution is 6.32. The van der Waals surface area contributed by atoms with Crippen LogP contribution < -0.4 is 5.32 Å². The molecule has 0 radical (unpaired) electrons. The zero-order valence-electron chi connectivity index (χ0n) is 11.2. The van der Waals surface area contributed by atoms with Gasteiger partial charge in [-0.3, -0.25) is 0 Å². The summed E-state index contributed by atoms with van der Waals surface area (Å²) in [6.45, 7) is 5.57. The highest BCUT2D eigenvalue weighted by Crippen LogP contribution is 2.20. The van der Waals surface area contributed by atoms with Gasteiger partial charge in [0, 0.05) is 12.1 Å². The fraction of sp³-hybridized carbons (Fsp3) is 0.357. The Morgan fingerprint density at radius 1 is 1.47 bits per heavy atom.